The molecule has 2 N–H and O–H groups in total. The van der Waals surface area contributed by atoms with E-state index in [-0.39, 0.29) is 6.03 Å². The molecule has 0 bridgehead atoms. The van der Waals surface area contributed by atoms with Gasteiger partial charge in [0.2, 0.25) is 0 Å². The molecule has 0 aliphatic heterocycles. The first-order valence-corrected chi connectivity index (χ1v) is 8.14. The number of carbonyl (C=O) groups excluding carboxylic acids is 1. The molecule has 2 rings (SSSR count). The van der Waals surface area contributed by atoms with E-state index in [0.717, 1.165) is 17.1 Å². The van der Waals surface area contributed by atoms with Crippen molar-refractivity contribution in [1.82, 2.24) is 5.32 Å². The second kappa shape index (κ2) is 8.34. The van der Waals surface area contributed by atoms with Crippen LogP contribution in [-0.4, -0.2) is 32.4 Å². The van der Waals surface area contributed by atoms with Gasteiger partial charge in [0.1, 0.15) is 0 Å². The minimum Gasteiger partial charge on any atom is -0.376 e. The zero-order valence-corrected chi connectivity index (χ0v) is 13.7. The average Bonchev–Trinajstić information content (AvgIpc) is 2.53. The number of nitrogens with one attached hydrogen (secondary N) is 2. The first kappa shape index (κ1) is 16.2. The molecule has 116 valence electrons. The molecule has 0 atom stereocenters. The largest absolute Gasteiger partial charge is 0.376 e. The Morgan fingerprint density at radius 1 is 1.05 bits per heavy atom. The van der Waals surface area contributed by atoms with Crippen molar-refractivity contribution in [2.45, 2.75) is 4.90 Å². The van der Waals surface area contributed by atoms with Gasteiger partial charge in [-0.3, -0.25) is 0 Å². The highest BCUT2D eigenvalue weighted by Gasteiger charge is 2.07. The molecule has 0 radical (unpaired) electrons. The van der Waals surface area contributed by atoms with E-state index < -0.39 is 0 Å². The summed E-state index contributed by atoms with van der Waals surface area (Å²) in [6.45, 7) is 0.621. The third-order valence-electron chi connectivity index (χ3n) is 3.03. The minimum absolute atomic E-state index is 0.178. The lowest BCUT2D eigenvalue weighted by Gasteiger charge is -2.17. The molecule has 0 fully saturated rings. The van der Waals surface area contributed by atoms with Crippen LogP contribution in [0.1, 0.15) is 0 Å². The van der Waals surface area contributed by atoms with Crippen LogP contribution < -0.4 is 15.5 Å². The molecule has 2 aromatic rings. The summed E-state index contributed by atoms with van der Waals surface area (Å²) in [4.78, 5) is 15.1. The van der Waals surface area contributed by atoms with Gasteiger partial charge in [-0.25, -0.2) is 4.79 Å². The van der Waals surface area contributed by atoms with E-state index in [4.69, 9.17) is 0 Å². The van der Waals surface area contributed by atoms with Crippen molar-refractivity contribution in [1.29, 1.82) is 0 Å². The van der Waals surface area contributed by atoms with E-state index in [1.54, 1.807) is 11.8 Å². The topological polar surface area (TPSA) is 44.4 Å². The maximum absolute atomic E-state index is 11.9. The average molecular weight is 315 g/mol. The molecule has 0 aliphatic rings. The maximum atomic E-state index is 11.9. The van der Waals surface area contributed by atoms with Crippen LogP contribution in [0.25, 0.3) is 0 Å². The molecule has 0 unspecified atom stereocenters. The molecule has 0 aliphatic carbocycles. The zero-order valence-electron chi connectivity index (χ0n) is 12.9. The van der Waals surface area contributed by atoms with E-state index in [0.29, 0.717) is 6.54 Å². The van der Waals surface area contributed by atoms with Crippen molar-refractivity contribution in [3.8, 4) is 0 Å². The Morgan fingerprint density at radius 3 is 2.45 bits per heavy atom. The monoisotopic (exact) mass is 315 g/mol. The Balaban J connectivity index is 1.77. The van der Waals surface area contributed by atoms with Gasteiger partial charge in [-0.15, -0.1) is 11.8 Å². The lowest BCUT2D eigenvalue weighted by Crippen LogP contribution is -2.31. The van der Waals surface area contributed by atoms with Gasteiger partial charge in [0.05, 0.1) is 11.4 Å². The molecular formula is C17H21N3OS. The molecule has 0 saturated carbocycles. The van der Waals surface area contributed by atoms with Gasteiger partial charge in [-0.1, -0.05) is 30.3 Å². The molecule has 0 saturated heterocycles. The van der Waals surface area contributed by atoms with Crippen molar-refractivity contribution in [3.63, 3.8) is 0 Å². The Hall–Kier alpha value is -2.14. The molecule has 0 spiro atoms. The molecule has 0 aromatic heterocycles. The number of benzene rings is 2. The Kier molecular flexibility index (Phi) is 6.15. The fourth-order valence-corrected chi connectivity index (χ4v) is 2.78. The highest BCUT2D eigenvalue weighted by atomic mass is 32.2. The molecule has 22 heavy (non-hydrogen) atoms. The third-order valence-corrected chi connectivity index (χ3v) is 4.05. The molecule has 2 aromatic carbocycles. The number of carbonyl (C=O) groups is 1. The predicted molar refractivity (Wildman–Crippen MR) is 95.0 cm³/mol. The van der Waals surface area contributed by atoms with E-state index in [1.165, 1.54) is 4.90 Å². The van der Waals surface area contributed by atoms with Crippen LogP contribution >= 0.6 is 11.8 Å². The normalized spacial score (nSPS) is 10.1. The Labute approximate surface area is 135 Å². The second-order valence-corrected chi connectivity index (χ2v) is 6.12. The highest BCUT2D eigenvalue weighted by molar-refractivity contribution is 7.99. The number of thioether (sulfide) groups is 1. The number of hydrogen-bond acceptors (Lipinski definition) is 3. The van der Waals surface area contributed by atoms with Crippen molar-refractivity contribution >= 4 is 29.2 Å². The lowest BCUT2D eigenvalue weighted by molar-refractivity contribution is 0.252. The van der Waals surface area contributed by atoms with E-state index in [9.17, 15) is 4.79 Å². The second-order valence-electron chi connectivity index (χ2n) is 4.95. The number of amides is 2. The number of nitrogens with zero attached hydrogens (tertiary/aromatic N) is 1. The van der Waals surface area contributed by atoms with E-state index in [1.807, 2.05) is 61.5 Å². The number of urea groups is 1. The summed E-state index contributed by atoms with van der Waals surface area (Å²) < 4.78 is 0. The van der Waals surface area contributed by atoms with Gasteiger partial charge in [0.15, 0.2) is 0 Å². The van der Waals surface area contributed by atoms with E-state index in [2.05, 4.69) is 22.8 Å². The predicted octanol–water partition coefficient (Wildman–Crippen LogP) is 3.67. The summed E-state index contributed by atoms with van der Waals surface area (Å²) in [5.41, 5.74) is 1.79. The van der Waals surface area contributed by atoms with Crippen LogP contribution in [0.2, 0.25) is 0 Å². The van der Waals surface area contributed by atoms with Crippen molar-refractivity contribution in [2.24, 2.45) is 0 Å². The summed E-state index contributed by atoms with van der Waals surface area (Å²) >= 11 is 1.73. The van der Waals surface area contributed by atoms with Crippen LogP contribution in [0.4, 0.5) is 16.2 Å². The van der Waals surface area contributed by atoms with Crippen molar-refractivity contribution in [3.05, 3.63) is 54.6 Å². The van der Waals surface area contributed by atoms with Gasteiger partial charge in [0, 0.05) is 31.3 Å². The SMILES string of the molecule is CN(C)c1ccccc1NC(=O)NCCSc1ccccc1. The summed E-state index contributed by atoms with van der Waals surface area (Å²) in [5, 5.41) is 5.77. The number of para-hydroxylation sites is 2. The minimum atomic E-state index is -0.178. The molecule has 5 heteroatoms. The smallest absolute Gasteiger partial charge is 0.319 e. The fraction of sp³-hybridized carbons (Fsp3) is 0.235. The zero-order chi connectivity index (χ0) is 15.8. The van der Waals surface area contributed by atoms with Gasteiger partial charge in [-0.2, -0.15) is 0 Å². The van der Waals surface area contributed by atoms with Gasteiger partial charge in [-0.05, 0) is 24.3 Å². The van der Waals surface area contributed by atoms with Crippen LogP contribution in [0.15, 0.2) is 59.5 Å². The van der Waals surface area contributed by atoms with Gasteiger partial charge >= 0.3 is 6.03 Å². The fourth-order valence-electron chi connectivity index (χ4n) is 1.99. The van der Waals surface area contributed by atoms with Gasteiger partial charge < -0.3 is 15.5 Å². The summed E-state index contributed by atoms with van der Waals surface area (Å²) in [5.74, 6) is 0.840. The van der Waals surface area contributed by atoms with Crippen LogP contribution in [0.3, 0.4) is 0 Å². The summed E-state index contributed by atoms with van der Waals surface area (Å²) in [7, 11) is 3.91. The van der Waals surface area contributed by atoms with Crippen LogP contribution in [0, 0.1) is 0 Å². The van der Waals surface area contributed by atoms with Crippen molar-refractivity contribution < 1.29 is 4.79 Å². The molecule has 2 amide bonds. The third kappa shape index (κ3) is 5.00. The number of hydrogen-bond donors (Lipinski definition) is 2. The summed E-state index contributed by atoms with van der Waals surface area (Å²) in [6.07, 6.45) is 0. The Bertz CT molecular complexity index is 602. The lowest BCUT2D eigenvalue weighted by atomic mass is 10.2. The quantitative estimate of drug-likeness (QED) is 0.631. The van der Waals surface area contributed by atoms with Crippen LogP contribution in [-0.2, 0) is 0 Å². The first-order valence-electron chi connectivity index (χ1n) is 7.16. The van der Waals surface area contributed by atoms with Crippen molar-refractivity contribution in [2.75, 3.05) is 36.6 Å². The maximum Gasteiger partial charge on any atom is 0.319 e. The highest BCUT2D eigenvalue weighted by Crippen LogP contribution is 2.23. The molecule has 4 nitrogen and oxygen atoms in total. The van der Waals surface area contributed by atoms with E-state index >= 15 is 0 Å². The summed E-state index contributed by atoms with van der Waals surface area (Å²) in [6, 6.07) is 17.7. The van der Waals surface area contributed by atoms with Gasteiger partial charge in [0.25, 0.3) is 0 Å². The first-order chi connectivity index (χ1) is 10.7. The number of rotatable bonds is 6. The Morgan fingerprint density at radius 2 is 1.73 bits per heavy atom. The van der Waals surface area contributed by atoms with Crippen LogP contribution in [0.5, 0.6) is 0 Å². The molecular weight excluding hydrogens is 294 g/mol. The standard InChI is InChI=1S/C17H21N3OS/c1-20(2)16-11-7-6-10-15(16)19-17(21)18-12-13-22-14-8-4-3-5-9-14/h3-11H,12-13H2,1-2H3,(H2,18,19,21). The molecule has 0 heterocycles. The number of anilines is 2.